The molecule has 0 unspecified atom stereocenters. The summed E-state index contributed by atoms with van der Waals surface area (Å²) in [4.78, 5) is 10.5. The van der Waals surface area contributed by atoms with Crippen LogP contribution in [0.5, 0.6) is 0 Å². The number of rotatable bonds is 1. The molecule has 1 aromatic rings. The number of nitrogens with two attached hydrogens (primary N) is 1. The van der Waals surface area contributed by atoms with Crippen molar-refractivity contribution >= 4 is 6.29 Å². The largest absolute Gasteiger partial charge is 0.324 e. The van der Waals surface area contributed by atoms with Crippen molar-refractivity contribution in [1.82, 2.24) is 0 Å². The molecule has 0 aliphatic heterocycles. The van der Waals surface area contributed by atoms with Gasteiger partial charge >= 0.3 is 0 Å². The lowest BCUT2D eigenvalue weighted by atomic mass is 10.1. The Bertz CT molecular complexity index is 320. The van der Waals surface area contributed by atoms with Crippen LogP contribution in [-0.4, -0.2) is 6.29 Å². The van der Waals surface area contributed by atoms with E-state index in [9.17, 15) is 4.79 Å². The Hall–Kier alpha value is -1.15. The Morgan fingerprint density at radius 1 is 1.50 bits per heavy atom. The second kappa shape index (κ2) is 2.72. The van der Waals surface area contributed by atoms with Crippen molar-refractivity contribution in [3.8, 4) is 0 Å². The molecule has 1 aliphatic carbocycles. The van der Waals surface area contributed by atoms with Gasteiger partial charge in [-0.2, -0.15) is 0 Å². The van der Waals surface area contributed by atoms with Crippen molar-refractivity contribution < 1.29 is 4.79 Å². The minimum absolute atomic E-state index is 0.181. The smallest absolute Gasteiger partial charge is 0.150 e. The molecule has 2 heteroatoms. The average molecular weight is 161 g/mol. The maximum Gasteiger partial charge on any atom is 0.150 e. The molecule has 1 aromatic carbocycles. The third-order valence-corrected chi connectivity index (χ3v) is 2.43. The lowest BCUT2D eigenvalue weighted by Gasteiger charge is -2.03. The van der Waals surface area contributed by atoms with E-state index in [-0.39, 0.29) is 6.04 Å². The Balaban J connectivity index is 2.48. The van der Waals surface area contributed by atoms with Crippen LogP contribution in [0.15, 0.2) is 18.2 Å². The van der Waals surface area contributed by atoms with E-state index < -0.39 is 0 Å². The number of fused-ring (bicyclic) bond motifs is 1. The van der Waals surface area contributed by atoms with E-state index in [2.05, 4.69) is 0 Å². The van der Waals surface area contributed by atoms with Gasteiger partial charge in [-0.3, -0.25) is 4.79 Å². The van der Waals surface area contributed by atoms with Crippen molar-refractivity contribution in [3.63, 3.8) is 0 Å². The van der Waals surface area contributed by atoms with Gasteiger partial charge in [-0.1, -0.05) is 12.1 Å². The van der Waals surface area contributed by atoms with E-state index in [1.54, 1.807) is 0 Å². The highest BCUT2D eigenvalue weighted by atomic mass is 16.1. The molecule has 2 rings (SSSR count). The third-order valence-electron chi connectivity index (χ3n) is 2.43. The molecule has 1 aliphatic rings. The fourth-order valence-electron chi connectivity index (χ4n) is 1.74. The van der Waals surface area contributed by atoms with Gasteiger partial charge in [0, 0.05) is 11.6 Å². The van der Waals surface area contributed by atoms with Gasteiger partial charge in [0.15, 0.2) is 0 Å². The monoisotopic (exact) mass is 161 g/mol. The molecule has 2 N–H and O–H groups in total. The first kappa shape index (κ1) is 7.50. The van der Waals surface area contributed by atoms with Gasteiger partial charge in [-0.05, 0) is 30.0 Å². The first-order valence-electron chi connectivity index (χ1n) is 4.15. The van der Waals surface area contributed by atoms with Crippen LogP contribution in [0.3, 0.4) is 0 Å². The fourth-order valence-corrected chi connectivity index (χ4v) is 1.74. The number of aldehydes is 1. The highest BCUT2D eigenvalue weighted by Gasteiger charge is 2.18. The van der Waals surface area contributed by atoms with Gasteiger partial charge < -0.3 is 5.73 Å². The second-order valence-corrected chi connectivity index (χ2v) is 3.22. The molecule has 1 atom stereocenters. The van der Waals surface area contributed by atoms with Crippen molar-refractivity contribution in [2.75, 3.05) is 0 Å². The molecule has 0 spiro atoms. The molecule has 0 amide bonds. The SMILES string of the molecule is N[C@H]1CCc2cc(C=O)ccc21. The summed E-state index contributed by atoms with van der Waals surface area (Å²) in [6, 6.07) is 5.92. The van der Waals surface area contributed by atoms with Crippen LogP contribution < -0.4 is 5.73 Å². The van der Waals surface area contributed by atoms with Gasteiger partial charge in [0.1, 0.15) is 6.29 Å². The van der Waals surface area contributed by atoms with Crippen LogP contribution in [0.2, 0.25) is 0 Å². The van der Waals surface area contributed by atoms with Crippen LogP contribution in [0.25, 0.3) is 0 Å². The molecule has 0 heterocycles. The zero-order chi connectivity index (χ0) is 8.55. The zero-order valence-electron chi connectivity index (χ0n) is 6.79. The molecular formula is C10H11NO. The molecule has 12 heavy (non-hydrogen) atoms. The Morgan fingerprint density at radius 2 is 2.33 bits per heavy atom. The van der Waals surface area contributed by atoms with Crippen LogP contribution in [0, 0.1) is 0 Å². The maximum absolute atomic E-state index is 10.5. The Morgan fingerprint density at radius 3 is 3.08 bits per heavy atom. The van der Waals surface area contributed by atoms with Gasteiger partial charge in [-0.15, -0.1) is 0 Å². The maximum atomic E-state index is 10.5. The van der Waals surface area contributed by atoms with E-state index in [4.69, 9.17) is 5.73 Å². The highest BCUT2D eigenvalue weighted by Crippen LogP contribution is 2.29. The number of hydrogen-bond acceptors (Lipinski definition) is 2. The van der Waals surface area contributed by atoms with Gasteiger partial charge in [-0.25, -0.2) is 0 Å². The van der Waals surface area contributed by atoms with Gasteiger partial charge in [0.2, 0.25) is 0 Å². The Kier molecular flexibility index (Phi) is 1.70. The number of hydrogen-bond donors (Lipinski definition) is 1. The number of aryl methyl sites for hydroxylation is 1. The average Bonchev–Trinajstić information content (AvgIpc) is 2.47. The molecule has 62 valence electrons. The van der Waals surface area contributed by atoms with E-state index in [0.29, 0.717) is 0 Å². The number of carbonyl (C=O) groups excluding carboxylic acids is 1. The van der Waals surface area contributed by atoms with Crippen molar-refractivity contribution in [1.29, 1.82) is 0 Å². The summed E-state index contributed by atoms with van der Waals surface area (Å²) in [5.41, 5.74) is 9.05. The van der Waals surface area contributed by atoms with Gasteiger partial charge in [0.25, 0.3) is 0 Å². The van der Waals surface area contributed by atoms with E-state index in [1.807, 2.05) is 18.2 Å². The van der Waals surface area contributed by atoms with Crippen molar-refractivity contribution in [2.24, 2.45) is 5.73 Å². The minimum atomic E-state index is 0.181. The summed E-state index contributed by atoms with van der Waals surface area (Å²) < 4.78 is 0. The minimum Gasteiger partial charge on any atom is -0.324 e. The van der Waals surface area contributed by atoms with Crippen LogP contribution in [-0.2, 0) is 6.42 Å². The first-order valence-corrected chi connectivity index (χ1v) is 4.15. The molecular weight excluding hydrogens is 150 g/mol. The zero-order valence-corrected chi connectivity index (χ0v) is 6.79. The third kappa shape index (κ3) is 1.04. The molecule has 0 fully saturated rings. The quantitative estimate of drug-likeness (QED) is 0.633. The topological polar surface area (TPSA) is 43.1 Å². The summed E-state index contributed by atoms with van der Waals surface area (Å²) in [7, 11) is 0. The van der Waals surface area contributed by atoms with Crippen molar-refractivity contribution in [2.45, 2.75) is 18.9 Å². The normalized spacial score (nSPS) is 20.6. The number of benzene rings is 1. The van der Waals surface area contributed by atoms with E-state index >= 15 is 0 Å². The predicted molar refractivity (Wildman–Crippen MR) is 47.1 cm³/mol. The van der Waals surface area contributed by atoms with Gasteiger partial charge in [0.05, 0.1) is 0 Å². The van der Waals surface area contributed by atoms with Crippen molar-refractivity contribution in [3.05, 3.63) is 34.9 Å². The molecule has 0 aromatic heterocycles. The standard InChI is InChI=1S/C10H11NO/c11-10-4-2-8-5-7(6-12)1-3-9(8)10/h1,3,5-6,10H,2,4,11H2/t10-/m0/s1. The Labute approximate surface area is 71.4 Å². The summed E-state index contributed by atoms with van der Waals surface area (Å²) >= 11 is 0. The second-order valence-electron chi connectivity index (χ2n) is 3.22. The molecule has 0 saturated carbocycles. The molecule has 2 nitrogen and oxygen atoms in total. The molecule has 0 bridgehead atoms. The lowest BCUT2D eigenvalue weighted by molar-refractivity contribution is 0.112. The first-order chi connectivity index (χ1) is 5.81. The van der Waals surface area contributed by atoms with Crippen LogP contribution >= 0.6 is 0 Å². The predicted octanol–water partition coefficient (Wildman–Crippen LogP) is 1.45. The lowest BCUT2D eigenvalue weighted by Crippen LogP contribution is -2.04. The summed E-state index contributed by atoms with van der Waals surface area (Å²) in [6.07, 6.45) is 2.90. The summed E-state index contributed by atoms with van der Waals surface area (Å²) in [5.74, 6) is 0. The highest BCUT2D eigenvalue weighted by molar-refractivity contribution is 5.75. The summed E-state index contributed by atoms with van der Waals surface area (Å²) in [6.45, 7) is 0. The fraction of sp³-hybridized carbons (Fsp3) is 0.300. The van der Waals surface area contributed by atoms with Crippen LogP contribution in [0.1, 0.15) is 33.9 Å². The van der Waals surface area contributed by atoms with E-state index in [1.165, 1.54) is 11.1 Å². The van der Waals surface area contributed by atoms with E-state index in [0.717, 1.165) is 24.7 Å². The summed E-state index contributed by atoms with van der Waals surface area (Å²) in [5, 5.41) is 0. The molecule has 0 saturated heterocycles. The van der Waals surface area contributed by atoms with Crippen LogP contribution in [0.4, 0.5) is 0 Å². The number of carbonyl (C=O) groups is 1. The molecule has 0 radical (unpaired) electrons.